The van der Waals surface area contributed by atoms with Crippen molar-refractivity contribution in [2.24, 2.45) is 7.05 Å². The molecule has 1 aliphatic rings. The largest absolute Gasteiger partial charge is 0.309 e. The summed E-state index contributed by atoms with van der Waals surface area (Å²) in [5.41, 5.74) is 4.63. The first-order valence-corrected chi connectivity index (χ1v) is 11.0. The quantitative estimate of drug-likeness (QED) is 0.558. The number of pyridine rings is 1. The average molecular weight is 439 g/mol. The highest BCUT2D eigenvalue weighted by atomic mass is 16.2. The van der Waals surface area contributed by atoms with E-state index < -0.39 is 6.04 Å². The van der Waals surface area contributed by atoms with Crippen molar-refractivity contribution in [3.8, 4) is 17.2 Å². The molecule has 0 bridgehead atoms. The van der Waals surface area contributed by atoms with Gasteiger partial charge in [0.25, 0.3) is 0 Å². The number of rotatable bonds is 8. The third-order valence-electron chi connectivity index (χ3n) is 5.52. The fourth-order valence-corrected chi connectivity index (χ4v) is 3.72. The topological polar surface area (TPSA) is 95.6 Å². The molecule has 1 atom stereocenters. The number of aromatic nitrogens is 3. The summed E-state index contributed by atoms with van der Waals surface area (Å²) in [6.45, 7) is 0.628. The Morgan fingerprint density at radius 2 is 2.00 bits per heavy atom. The SMILES string of the molecule is Cn1cc(-c2ccc(NC(=O)C(NCCc3ccc(C#N)cc3)C3=CCCC=C3)nc2)cn1. The minimum absolute atomic E-state index is 0.144. The van der Waals surface area contributed by atoms with Gasteiger partial charge in [0, 0.05) is 37.1 Å². The Morgan fingerprint density at radius 1 is 1.15 bits per heavy atom. The fraction of sp³-hybridized carbons (Fsp3) is 0.231. The molecule has 1 aromatic carbocycles. The Balaban J connectivity index is 1.41. The Labute approximate surface area is 193 Å². The molecule has 0 fully saturated rings. The maximum Gasteiger partial charge on any atom is 0.247 e. The van der Waals surface area contributed by atoms with E-state index in [-0.39, 0.29) is 5.91 Å². The lowest BCUT2D eigenvalue weighted by Gasteiger charge is -2.21. The third kappa shape index (κ3) is 5.82. The monoisotopic (exact) mass is 438 g/mol. The van der Waals surface area contributed by atoms with E-state index in [1.807, 2.05) is 49.7 Å². The van der Waals surface area contributed by atoms with Crippen molar-refractivity contribution in [2.45, 2.75) is 25.3 Å². The normalized spacial score (nSPS) is 13.8. The van der Waals surface area contributed by atoms with Crippen LogP contribution in [0.15, 0.2) is 78.8 Å². The molecule has 33 heavy (non-hydrogen) atoms. The minimum Gasteiger partial charge on any atom is -0.309 e. The second-order valence-electron chi connectivity index (χ2n) is 7.95. The number of hydrogen-bond acceptors (Lipinski definition) is 5. The first-order chi connectivity index (χ1) is 16.1. The fourth-order valence-electron chi connectivity index (χ4n) is 3.72. The van der Waals surface area contributed by atoms with Crippen LogP contribution in [0.2, 0.25) is 0 Å². The van der Waals surface area contributed by atoms with Gasteiger partial charge in [-0.15, -0.1) is 0 Å². The lowest BCUT2D eigenvalue weighted by atomic mass is 9.99. The maximum absolute atomic E-state index is 13.2. The molecule has 2 N–H and O–H groups in total. The number of carbonyl (C=O) groups is 1. The van der Waals surface area contributed by atoms with Gasteiger partial charge >= 0.3 is 0 Å². The predicted octanol–water partition coefficient (Wildman–Crippen LogP) is 3.77. The van der Waals surface area contributed by atoms with Crippen molar-refractivity contribution < 1.29 is 4.79 Å². The smallest absolute Gasteiger partial charge is 0.247 e. The summed E-state index contributed by atoms with van der Waals surface area (Å²) in [6.07, 6.45) is 14.3. The molecule has 0 radical (unpaired) electrons. The van der Waals surface area contributed by atoms with Gasteiger partial charge in [0.1, 0.15) is 11.9 Å². The van der Waals surface area contributed by atoms with E-state index in [4.69, 9.17) is 5.26 Å². The highest BCUT2D eigenvalue weighted by Gasteiger charge is 2.22. The highest BCUT2D eigenvalue weighted by molar-refractivity contribution is 5.96. The third-order valence-corrected chi connectivity index (χ3v) is 5.52. The van der Waals surface area contributed by atoms with Gasteiger partial charge < -0.3 is 10.6 Å². The van der Waals surface area contributed by atoms with Crippen LogP contribution in [0.3, 0.4) is 0 Å². The zero-order valence-electron chi connectivity index (χ0n) is 18.5. The van der Waals surface area contributed by atoms with Crippen molar-refractivity contribution in [1.82, 2.24) is 20.1 Å². The Kier molecular flexibility index (Phi) is 7.08. The summed E-state index contributed by atoms with van der Waals surface area (Å²) in [5.74, 6) is 0.362. The summed E-state index contributed by atoms with van der Waals surface area (Å²) in [5, 5.41) is 19.5. The number of hydrogen-bond donors (Lipinski definition) is 2. The van der Waals surface area contributed by atoms with Crippen LogP contribution < -0.4 is 10.6 Å². The number of allylic oxidation sites excluding steroid dienone is 2. The van der Waals surface area contributed by atoms with E-state index in [0.717, 1.165) is 41.5 Å². The van der Waals surface area contributed by atoms with Crippen molar-refractivity contribution >= 4 is 11.7 Å². The molecular formula is C26H26N6O. The van der Waals surface area contributed by atoms with E-state index >= 15 is 0 Å². The Bertz CT molecular complexity index is 1200. The van der Waals surface area contributed by atoms with Gasteiger partial charge in [-0.2, -0.15) is 10.4 Å². The van der Waals surface area contributed by atoms with Gasteiger partial charge in [0.2, 0.25) is 5.91 Å². The summed E-state index contributed by atoms with van der Waals surface area (Å²) in [7, 11) is 1.87. The van der Waals surface area contributed by atoms with Crippen molar-refractivity contribution in [2.75, 3.05) is 11.9 Å². The molecule has 3 aromatic rings. The highest BCUT2D eigenvalue weighted by Crippen LogP contribution is 2.20. The second kappa shape index (κ2) is 10.5. The van der Waals surface area contributed by atoms with Crippen LogP contribution in [0.5, 0.6) is 0 Å². The van der Waals surface area contributed by atoms with Gasteiger partial charge in [0.15, 0.2) is 0 Å². The molecule has 7 nitrogen and oxygen atoms in total. The van der Waals surface area contributed by atoms with Gasteiger partial charge in [0.05, 0.1) is 17.8 Å². The minimum atomic E-state index is -0.472. The van der Waals surface area contributed by atoms with E-state index in [2.05, 4.69) is 38.9 Å². The van der Waals surface area contributed by atoms with Crippen molar-refractivity contribution in [3.63, 3.8) is 0 Å². The Hall–Kier alpha value is -4.02. The van der Waals surface area contributed by atoms with Crippen LogP contribution in [0, 0.1) is 11.3 Å². The number of benzene rings is 1. The average Bonchev–Trinajstić information content (AvgIpc) is 3.29. The molecular weight excluding hydrogens is 412 g/mol. The van der Waals surface area contributed by atoms with E-state index in [1.165, 1.54) is 0 Å². The molecule has 1 unspecified atom stereocenters. The number of anilines is 1. The molecule has 4 rings (SSSR count). The number of nitrogens with zero attached hydrogens (tertiary/aromatic N) is 4. The molecule has 1 amide bonds. The molecule has 0 saturated carbocycles. The number of nitriles is 1. The first-order valence-electron chi connectivity index (χ1n) is 11.0. The predicted molar refractivity (Wildman–Crippen MR) is 128 cm³/mol. The van der Waals surface area contributed by atoms with Crippen molar-refractivity contribution in [1.29, 1.82) is 5.26 Å². The second-order valence-corrected chi connectivity index (χ2v) is 7.95. The standard InChI is InChI=1S/C26H26N6O/c1-32-18-23(17-30-32)22-11-12-24(29-16-22)31-26(33)25(21-5-3-2-4-6-21)28-14-13-19-7-9-20(15-27)10-8-19/h3,5-12,16-18,25,28H,2,4,13-14H2,1H3,(H,29,31,33). The molecule has 2 aromatic heterocycles. The molecule has 2 heterocycles. The number of carbonyl (C=O) groups excluding carboxylic acids is 1. The zero-order valence-corrected chi connectivity index (χ0v) is 18.5. The van der Waals surface area contributed by atoms with Gasteiger partial charge in [-0.1, -0.05) is 30.4 Å². The number of amides is 1. The molecule has 7 heteroatoms. The lowest BCUT2D eigenvalue weighted by Crippen LogP contribution is -2.43. The van der Waals surface area contributed by atoms with Crippen LogP contribution in [0.25, 0.3) is 11.1 Å². The molecule has 0 spiro atoms. The number of nitrogens with one attached hydrogen (secondary N) is 2. The van der Waals surface area contributed by atoms with Crippen LogP contribution in [0.4, 0.5) is 5.82 Å². The maximum atomic E-state index is 13.2. The van der Waals surface area contributed by atoms with E-state index in [9.17, 15) is 4.79 Å². The van der Waals surface area contributed by atoms with Crippen LogP contribution in [-0.2, 0) is 18.3 Å². The number of aryl methyl sites for hydroxylation is 1. The zero-order chi connectivity index (χ0) is 23.0. The van der Waals surface area contributed by atoms with E-state index in [0.29, 0.717) is 17.9 Å². The van der Waals surface area contributed by atoms with Crippen LogP contribution in [-0.4, -0.2) is 33.3 Å². The van der Waals surface area contributed by atoms with Crippen LogP contribution in [0.1, 0.15) is 24.0 Å². The Morgan fingerprint density at radius 3 is 2.64 bits per heavy atom. The molecule has 0 aliphatic heterocycles. The van der Waals surface area contributed by atoms with Crippen molar-refractivity contribution in [3.05, 3.63) is 89.9 Å². The molecule has 0 saturated heterocycles. The molecule has 166 valence electrons. The summed E-state index contributed by atoms with van der Waals surface area (Å²) < 4.78 is 1.74. The molecule has 1 aliphatic carbocycles. The summed E-state index contributed by atoms with van der Waals surface area (Å²) in [4.78, 5) is 17.6. The first kappa shape index (κ1) is 22.2. The summed E-state index contributed by atoms with van der Waals surface area (Å²) in [6, 6.07) is 12.9. The summed E-state index contributed by atoms with van der Waals surface area (Å²) >= 11 is 0. The van der Waals surface area contributed by atoms with Crippen LogP contribution >= 0.6 is 0 Å². The van der Waals surface area contributed by atoms with Gasteiger partial charge in [-0.3, -0.25) is 9.48 Å². The van der Waals surface area contributed by atoms with Gasteiger partial charge in [-0.05, 0) is 54.7 Å². The van der Waals surface area contributed by atoms with E-state index in [1.54, 1.807) is 23.1 Å². The van der Waals surface area contributed by atoms with Gasteiger partial charge in [-0.25, -0.2) is 4.98 Å². The lowest BCUT2D eigenvalue weighted by molar-refractivity contribution is -0.117.